The van der Waals surface area contributed by atoms with Crippen LogP contribution in [0, 0.1) is 0 Å². The average Bonchev–Trinajstić information content (AvgIpc) is 3.19. The van der Waals surface area contributed by atoms with E-state index in [-0.39, 0.29) is 0 Å². The summed E-state index contributed by atoms with van der Waals surface area (Å²) in [5.41, 5.74) is 0. The third kappa shape index (κ3) is 9.45. The van der Waals surface area contributed by atoms with Crippen molar-refractivity contribution in [1.82, 2.24) is 0 Å². The zero-order valence-electron chi connectivity index (χ0n) is 33.5. The van der Waals surface area contributed by atoms with Crippen LogP contribution in [0.15, 0.2) is 24.3 Å². The molecule has 4 saturated heterocycles. The molecule has 1 aromatic carbocycles. The van der Waals surface area contributed by atoms with Crippen LogP contribution >= 0.6 is 0 Å². The van der Waals surface area contributed by atoms with Gasteiger partial charge in [-0.25, -0.2) is 0 Å². The van der Waals surface area contributed by atoms with E-state index in [4.69, 9.17) is 71.1 Å². The summed E-state index contributed by atoms with van der Waals surface area (Å²) in [6.07, 6.45) is -20.5. The average molecular weight is 809 g/mol. The lowest BCUT2D eigenvalue weighted by molar-refractivity contribution is -0.389. The van der Waals surface area contributed by atoms with Crippen molar-refractivity contribution in [1.29, 1.82) is 0 Å². The van der Waals surface area contributed by atoms with Crippen molar-refractivity contribution in [2.24, 2.45) is 0 Å². The molecule has 0 unspecified atom stereocenters. The molecule has 0 radical (unpaired) electrons. The molecule has 4 aliphatic heterocycles. The summed E-state index contributed by atoms with van der Waals surface area (Å²) in [7, 11) is 10.1. The van der Waals surface area contributed by atoms with Crippen LogP contribution in [0.1, 0.15) is 20.8 Å². The van der Waals surface area contributed by atoms with Gasteiger partial charge >= 0.3 is 0 Å². The van der Waals surface area contributed by atoms with Crippen molar-refractivity contribution in [3.05, 3.63) is 24.3 Å². The van der Waals surface area contributed by atoms with E-state index < -0.39 is 129 Å². The van der Waals surface area contributed by atoms with Gasteiger partial charge in [0, 0.05) is 42.7 Å². The first-order chi connectivity index (χ1) is 26.9. The molecule has 1 aromatic rings. The third-order valence-corrected chi connectivity index (χ3v) is 10.9. The molecule has 19 heteroatoms. The van der Waals surface area contributed by atoms with Gasteiger partial charge in [0.15, 0.2) is 18.9 Å². The second kappa shape index (κ2) is 20.4. The minimum atomic E-state index is -1.28. The molecular formula is C37H60O19. The Morgan fingerprint density at radius 1 is 0.446 bits per heavy atom. The quantitative estimate of drug-likeness (QED) is 0.163. The molecule has 4 N–H and O–H groups in total. The largest absolute Gasteiger partial charge is 0.497 e. The Morgan fingerprint density at radius 3 is 1.30 bits per heavy atom. The molecule has 4 fully saturated rings. The molecule has 0 aromatic heterocycles. The highest BCUT2D eigenvalue weighted by Gasteiger charge is 2.56. The Kier molecular flexibility index (Phi) is 16.5. The normalized spacial score (nSPS) is 44.7. The summed E-state index contributed by atoms with van der Waals surface area (Å²) in [5, 5.41) is 43.8. The maximum Gasteiger partial charge on any atom is 0.229 e. The molecule has 20 atom stereocenters. The molecule has 0 bridgehead atoms. The summed E-state index contributed by atoms with van der Waals surface area (Å²) in [4.78, 5) is 0. The first kappa shape index (κ1) is 45.2. The van der Waals surface area contributed by atoms with E-state index in [1.165, 1.54) is 42.7 Å². The second-order valence-corrected chi connectivity index (χ2v) is 14.1. The smallest absolute Gasteiger partial charge is 0.229 e. The number of aliphatic hydroxyl groups excluding tert-OH is 4. The van der Waals surface area contributed by atoms with Gasteiger partial charge in [-0.2, -0.15) is 0 Å². The van der Waals surface area contributed by atoms with E-state index in [0.717, 1.165) is 0 Å². The summed E-state index contributed by atoms with van der Waals surface area (Å²) >= 11 is 0. The molecule has 56 heavy (non-hydrogen) atoms. The predicted octanol–water partition coefficient (Wildman–Crippen LogP) is -0.646. The van der Waals surface area contributed by atoms with E-state index >= 15 is 0 Å². The number of hydrogen-bond acceptors (Lipinski definition) is 19. The number of hydrogen-bond donors (Lipinski definition) is 4. The Morgan fingerprint density at radius 2 is 0.857 bits per heavy atom. The van der Waals surface area contributed by atoms with Gasteiger partial charge in [0.2, 0.25) is 6.29 Å². The molecule has 322 valence electrons. The van der Waals surface area contributed by atoms with Gasteiger partial charge in [0.1, 0.15) is 90.9 Å². The maximum absolute atomic E-state index is 11.5. The Hall–Kier alpha value is -1.86. The van der Waals surface area contributed by atoms with Gasteiger partial charge in [-0.05, 0) is 45.0 Å². The number of aliphatic hydroxyl groups is 4. The summed E-state index contributed by atoms with van der Waals surface area (Å²) in [5.74, 6) is 1.16. The van der Waals surface area contributed by atoms with Gasteiger partial charge in [-0.1, -0.05) is 0 Å². The lowest BCUT2D eigenvalue weighted by Crippen LogP contribution is -2.67. The predicted molar refractivity (Wildman–Crippen MR) is 190 cm³/mol. The number of ether oxygens (including phenoxy) is 15. The highest BCUT2D eigenvalue weighted by atomic mass is 16.8. The lowest BCUT2D eigenvalue weighted by Gasteiger charge is -2.50. The second-order valence-electron chi connectivity index (χ2n) is 14.1. The van der Waals surface area contributed by atoms with Crippen molar-refractivity contribution in [2.75, 3.05) is 56.4 Å². The minimum Gasteiger partial charge on any atom is -0.497 e. The lowest BCUT2D eigenvalue weighted by atomic mass is 9.95. The van der Waals surface area contributed by atoms with Gasteiger partial charge < -0.3 is 91.5 Å². The van der Waals surface area contributed by atoms with Gasteiger partial charge in [0.05, 0.1) is 32.0 Å². The van der Waals surface area contributed by atoms with Crippen LogP contribution in [0.2, 0.25) is 0 Å². The molecule has 0 saturated carbocycles. The summed E-state index contributed by atoms with van der Waals surface area (Å²) < 4.78 is 89.7. The zero-order chi connectivity index (χ0) is 40.8. The Balaban J connectivity index is 1.37. The van der Waals surface area contributed by atoms with Gasteiger partial charge in [-0.3, -0.25) is 0 Å². The van der Waals surface area contributed by atoms with Crippen LogP contribution in [0.4, 0.5) is 0 Å². The molecule has 5 rings (SSSR count). The fraction of sp³-hybridized carbons (Fsp3) is 0.838. The van der Waals surface area contributed by atoms with Gasteiger partial charge in [-0.15, -0.1) is 0 Å². The summed E-state index contributed by atoms with van der Waals surface area (Å²) in [6, 6.07) is 7.01. The van der Waals surface area contributed by atoms with Crippen molar-refractivity contribution < 1.29 is 91.5 Å². The molecule has 4 aliphatic rings. The van der Waals surface area contributed by atoms with Crippen molar-refractivity contribution in [3.63, 3.8) is 0 Å². The van der Waals surface area contributed by atoms with E-state index in [0.29, 0.717) is 11.5 Å². The first-order valence-electron chi connectivity index (χ1n) is 18.6. The van der Waals surface area contributed by atoms with Crippen LogP contribution in [-0.2, 0) is 61.6 Å². The van der Waals surface area contributed by atoms with Crippen LogP contribution < -0.4 is 9.47 Å². The highest BCUT2D eigenvalue weighted by Crippen LogP contribution is 2.37. The van der Waals surface area contributed by atoms with E-state index in [1.807, 2.05) is 6.92 Å². The molecule has 4 heterocycles. The minimum absolute atomic E-state index is 0.487. The standard InChI is InChI=1S/C37H60O19/c1-16-22(39)27(54-34-29(45-7)24(41)26(44-6)21(15-38)53-34)31(46-8)36(49-16)55-28-23(40)17(2)50-37(32(28)47-9)56-30-25(43-5)18(3)51-35(33(30)48-10)52-20-13-11-19(42-4)12-14-20/h11-14,16-18,21-41H,15H2,1-10H3/t16-,17-,18-,21+,22+,23-,24-,25-,26+,27+,28+,29-,30+,31-,32+,33+,34+,35-,36-,37-/m0/s1. The molecule has 19 nitrogen and oxygen atoms in total. The zero-order valence-corrected chi connectivity index (χ0v) is 33.5. The number of methoxy groups -OCH3 is 7. The van der Waals surface area contributed by atoms with Gasteiger partial charge in [0.25, 0.3) is 0 Å². The fourth-order valence-electron chi connectivity index (χ4n) is 7.74. The molecule has 0 amide bonds. The topological polar surface area (TPSA) is 219 Å². The van der Waals surface area contributed by atoms with Crippen molar-refractivity contribution in [3.8, 4) is 11.5 Å². The Bertz CT molecular complexity index is 1310. The maximum atomic E-state index is 11.5. The van der Waals surface area contributed by atoms with Crippen molar-refractivity contribution in [2.45, 2.75) is 144 Å². The highest BCUT2D eigenvalue weighted by molar-refractivity contribution is 5.31. The van der Waals surface area contributed by atoms with Crippen LogP contribution in [0.5, 0.6) is 11.5 Å². The third-order valence-electron chi connectivity index (χ3n) is 10.9. The Labute approximate surface area is 327 Å². The van der Waals surface area contributed by atoms with E-state index in [2.05, 4.69) is 0 Å². The summed E-state index contributed by atoms with van der Waals surface area (Å²) in [6.45, 7) is 4.60. The molecule has 0 spiro atoms. The SMILES string of the molecule is COc1ccc(O[C@@H]2O[C@@H](C)[C@H](OC)[C@@H](O[C@@H]3O[C@@H](C)[C@H](O)[C@@H](O[C@@H]4O[C@@H](C)[C@@H](O)[C@@H](O[C@H]5O[C@H](CO)[C@@H](OC)[C@H](O)[C@@H]5OC)[C@@H]4OC)[C@H]3OC)[C@H]2OC)cc1. The van der Waals surface area contributed by atoms with E-state index in [1.54, 1.807) is 45.2 Å². The van der Waals surface area contributed by atoms with Crippen LogP contribution in [0.25, 0.3) is 0 Å². The number of benzene rings is 1. The molecular weight excluding hydrogens is 748 g/mol. The number of rotatable bonds is 16. The van der Waals surface area contributed by atoms with Crippen LogP contribution in [-0.4, -0.2) is 200 Å². The first-order valence-corrected chi connectivity index (χ1v) is 18.6. The van der Waals surface area contributed by atoms with Crippen molar-refractivity contribution >= 4 is 0 Å². The fourth-order valence-corrected chi connectivity index (χ4v) is 7.74. The van der Waals surface area contributed by atoms with E-state index in [9.17, 15) is 20.4 Å². The monoisotopic (exact) mass is 808 g/mol. The van der Waals surface area contributed by atoms with Crippen LogP contribution in [0.3, 0.4) is 0 Å². The molecule has 0 aliphatic carbocycles.